The Labute approximate surface area is 157 Å². The maximum atomic E-state index is 11.8. The molecule has 1 aromatic carbocycles. The Morgan fingerprint density at radius 3 is 2.26 bits per heavy atom. The number of ether oxygens (including phenoxy) is 4. The molecule has 1 aliphatic rings. The van der Waals surface area contributed by atoms with Crippen LogP contribution in [-0.4, -0.2) is 26.5 Å². The van der Waals surface area contributed by atoms with Crippen LogP contribution in [0.2, 0.25) is 0 Å². The molecule has 0 aromatic heterocycles. The molecule has 2 rings (SSSR count). The van der Waals surface area contributed by atoms with Crippen LogP contribution in [0.1, 0.15) is 37.3 Å². The van der Waals surface area contributed by atoms with Gasteiger partial charge < -0.3 is 24.3 Å². The van der Waals surface area contributed by atoms with E-state index >= 15 is 0 Å². The van der Waals surface area contributed by atoms with E-state index in [0.717, 1.165) is 0 Å². The molecule has 142 valence electrons. The topological polar surface area (TPSA) is 107 Å². The van der Waals surface area contributed by atoms with Gasteiger partial charge in [0.15, 0.2) is 0 Å². The summed E-state index contributed by atoms with van der Waals surface area (Å²) in [4.78, 5) is 23.6. The van der Waals surface area contributed by atoms with E-state index < -0.39 is 18.2 Å². The third kappa shape index (κ3) is 4.20. The third-order valence-electron chi connectivity index (χ3n) is 4.00. The zero-order valence-electron chi connectivity index (χ0n) is 15.5. The number of rotatable bonds is 4. The molecular weight excluding hydrogens is 352 g/mol. The van der Waals surface area contributed by atoms with Gasteiger partial charge in [0.05, 0.1) is 37.2 Å². The summed E-state index contributed by atoms with van der Waals surface area (Å²) in [5, 5.41) is 12.6. The molecular formula is C19H20N2O6. The standard InChI is InChI=1S/C19H20N2O6/c1-5-14-17(27-19(23)25-4)15(13-9-7-6-8-12(13)10-20)16(11(2)21-14)26-18(22)24-3/h6-9,15,21H,5H2,1-4H3. The minimum atomic E-state index is -0.928. The van der Waals surface area contributed by atoms with Crippen LogP contribution in [0.15, 0.2) is 47.2 Å². The third-order valence-corrected chi connectivity index (χ3v) is 4.00. The van der Waals surface area contributed by atoms with Crippen molar-refractivity contribution in [3.05, 3.63) is 58.3 Å². The maximum absolute atomic E-state index is 11.8. The average Bonchev–Trinajstić information content (AvgIpc) is 2.69. The molecule has 1 aromatic rings. The second-order valence-electron chi connectivity index (χ2n) is 5.56. The Morgan fingerprint density at radius 1 is 1.11 bits per heavy atom. The molecule has 8 nitrogen and oxygen atoms in total. The fourth-order valence-corrected chi connectivity index (χ4v) is 2.77. The predicted molar refractivity (Wildman–Crippen MR) is 94.0 cm³/mol. The summed E-state index contributed by atoms with van der Waals surface area (Å²) >= 11 is 0. The number of allylic oxidation sites excluding steroid dienone is 2. The molecule has 1 heterocycles. The predicted octanol–water partition coefficient (Wildman–Crippen LogP) is 3.66. The zero-order valence-corrected chi connectivity index (χ0v) is 15.5. The van der Waals surface area contributed by atoms with E-state index in [4.69, 9.17) is 9.47 Å². The number of hydrogen-bond donors (Lipinski definition) is 1. The van der Waals surface area contributed by atoms with E-state index in [1.165, 1.54) is 14.2 Å². The van der Waals surface area contributed by atoms with Crippen molar-refractivity contribution < 1.29 is 28.5 Å². The lowest BCUT2D eigenvalue weighted by molar-refractivity contribution is 0.0783. The van der Waals surface area contributed by atoms with Crippen molar-refractivity contribution in [2.75, 3.05) is 14.2 Å². The van der Waals surface area contributed by atoms with Crippen molar-refractivity contribution in [1.29, 1.82) is 5.26 Å². The first-order chi connectivity index (χ1) is 13.0. The molecule has 0 saturated heterocycles. The van der Waals surface area contributed by atoms with E-state index in [9.17, 15) is 14.9 Å². The van der Waals surface area contributed by atoms with E-state index in [0.29, 0.717) is 28.9 Å². The van der Waals surface area contributed by atoms with Gasteiger partial charge in [-0.3, -0.25) is 0 Å². The summed E-state index contributed by atoms with van der Waals surface area (Å²) in [7, 11) is 2.38. The van der Waals surface area contributed by atoms with Gasteiger partial charge in [0.2, 0.25) is 0 Å². The highest BCUT2D eigenvalue weighted by molar-refractivity contribution is 5.65. The molecule has 27 heavy (non-hydrogen) atoms. The molecule has 8 heteroatoms. The first-order valence-corrected chi connectivity index (χ1v) is 8.18. The molecule has 1 atom stereocenters. The Bertz CT molecular complexity index is 850. The number of carbonyl (C=O) groups excluding carboxylic acids is 2. The van der Waals surface area contributed by atoms with Gasteiger partial charge in [0, 0.05) is 0 Å². The summed E-state index contributed by atoms with van der Waals surface area (Å²) in [6.45, 7) is 3.58. The maximum Gasteiger partial charge on any atom is 0.513 e. The average molecular weight is 372 g/mol. The summed E-state index contributed by atoms with van der Waals surface area (Å²) in [5.41, 5.74) is 2.01. The van der Waals surface area contributed by atoms with Gasteiger partial charge in [0.1, 0.15) is 17.4 Å². The molecule has 0 radical (unpaired) electrons. The summed E-state index contributed by atoms with van der Waals surface area (Å²) < 4.78 is 19.9. The number of nitrogens with zero attached hydrogens (tertiary/aromatic N) is 1. The highest BCUT2D eigenvalue weighted by atomic mass is 16.7. The van der Waals surface area contributed by atoms with Crippen LogP contribution < -0.4 is 5.32 Å². The van der Waals surface area contributed by atoms with Crippen molar-refractivity contribution in [2.45, 2.75) is 26.2 Å². The highest BCUT2D eigenvalue weighted by Crippen LogP contribution is 2.41. The quantitative estimate of drug-likeness (QED) is 0.798. The highest BCUT2D eigenvalue weighted by Gasteiger charge is 2.37. The molecule has 1 unspecified atom stereocenters. The number of dihydropyridines is 1. The summed E-state index contributed by atoms with van der Waals surface area (Å²) in [6.07, 6.45) is -1.35. The Balaban J connectivity index is 2.68. The van der Waals surface area contributed by atoms with E-state index in [1.54, 1.807) is 31.2 Å². The van der Waals surface area contributed by atoms with E-state index in [-0.39, 0.29) is 11.5 Å². The van der Waals surface area contributed by atoms with Crippen molar-refractivity contribution in [3.63, 3.8) is 0 Å². The molecule has 0 amide bonds. The minimum absolute atomic E-state index is 0.167. The SMILES string of the molecule is CCC1=C(OC(=O)OC)C(c2ccccc2C#N)C(OC(=O)OC)=C(C)N1. The lowest BCUT2D eigenvalue weighted by Gasteiger charge is -2.31. The molecule has 0 bridgehead atoms. The molecule has 0 fully saturated rings. The normalized spacial score (nSPS) is 16.2. The number of nitriles is 1. The molecule has 0 aliphatic carbocycles. The van der Waals surface area contributed by atoms with Crippen LogP contribution in [0, 0.1) is 11.3 Å². The van der Waals surface area contributed by atoms with Crippen LogP contribution in [0.5, 0.6) is 0 Å². The second kappa shape index (κ2) is 8.76. The first kappa shape index (κ1) is 19.8. The number of benzene rings is 1. The smallest absolute Gasteiger partial charge is 0.437 e. The van der Waals surface area contributed by atoms with E-state index in [2.05, 4.69) is 20.9 Å². The number of hydrogen-bond acceptors (Lipinski definition) is 8. The van der Waals surface area contributed by atoms with Gasteiger partial charge in [-0.2, -0.15) is 5.26 Å². The van der Waals surface area contributed by atoms with Crippen LogP contribution in [0.4, 0.5) is 9.59 Å². The van der Waals surface area contributed by atoms with Crippen molar-refractivity contribution in [1.82, 2.24) is 5.32 Å². The van der Waals surface area contributed by atoms with Crippen LogP contribution in [0.25, 0.3) is 0 Å². The molecule has 0 spiro atoms. The lowest BCUT2D eigenvalue weighted by atomic mass is 9.87. The van der Waals surface area contributed by atoms with Gasteiger partial charge in [-0.25, -0.2) is 9.59 Å². The zero-order chi connectivity index (χ0) is 20.0. The fraction of sp³-hybridized carbons (Fsp3) is 0.316. The number of nitrogens with one attached hydrogen (secondary N) is 1. The van der Waals surface area contributed by atoms with Gasteiger partial charge >= 0.3 is 12.3 Å². The van der Waals surface area contributed by atoms with Crippen molar-refractivity contribution in [3.8, 4) is 6.07 Å². The van der Waals surface area contributed by atoms with Crippen LogP contribution in [-0.2, 0) is 18.9 Å². The summed E-state index contributed by atoms with van der Waals surface area (Å²) in [6, 6.07) is 8.90. The van der Waals surface area contributed by atoms with Gasteiger partial charge in [-0.05, 0) is 25.0 Å². The minimum Gasteiger partial charge on any atom is -0.437 e. The van der Waals surface area contributed by atoms with Crippen LogP contribution >= 0.6 is 0 Å². The van der Waals surface area contributed by atoms with Crippen molar-refractivity contribution >= 4 is 12.3 Å². The molecule has 0 saturated carbocycles. The summed E-state index contributed by atoms with van der Waals surface area (Å²) in [5.74, 6) is -0.451. The van der Waals surface area contributed by atoms with Gasteiger partial charge in [-0.15, -0.1) is 0 Å². The number of methoxy groups -OCH3 is 2. The fourth-order valence-electron chi connectivity index (χ4n) is 2.77. The number of carbonyl (C=O) groups is 2. The largest absolute Gasteiger partial charge is 0.513 e. The Hall–Kier alpha value is -3.47. The Kier molecular flexibility index (Phi) is 6.44. The second-order valence-corrected chi connectivity index (χ2v) is 5.56. The van der Waals surface area contributed by atoms with Gasteiger partial charge in [0.25, 0.3) is 0 Å². The molecule has 1 aliphatic heterocycles. The first-order valence-electron chi connectivity index (χ1n) is 8.18. The van der Waals surface area contributed by atoms with Crippen LogP contribution in [0.3, 0.4) is 0 Å². The van der Waals surface area contributed by atoms with Crippen molar-refractivity contribution in [2.24, 2.45) is 0 Å². The molecule has 1 N–H and O–H groups in total. The lowest BCUT2D eigenvalue weighted by Crippen LogP contribution is -2.30. The Morgan fingerprint density at radius 2 is 1.70 bits per heavy atom. The van der Waals surface area contributed by atoms with E-state index in [1.807, 2.05) is 6.92 Å². The van der Waals surface area contributed by atoms with Gasteiger partial charge in [-0.1, -0.05) is 25.1 Å². The monoisotopic (exact) mass is 372 g/mol.